The smallest absolute Gasteiger partial charge is 0.161 e. The number of fused-ring (bicyclic) bond motifs is 10. The number of hydrogen-bond donors (Lipinski definition) is 0. The van der Waals surface area contributed by atoms with E-state index in [4.69, 9.17) is 18.8 Å². The normalized spacial score (nSPS) is 12.0. The standard InChI is InChI=1S/C50H29N3O2/c1-2-12-32(13-3-1)53-42-20-7-4-14-33(42)39-28-31(25-27-43(39)53)30-24-26-41-40(29-30)48(38-19-10-17-35-34-15-5-8-21-44(34)55-49(35)38)52-50(51-41)37-18-11-23-46-47(37)36-16-6-9-22-45(36)54-46/h1-29H. The highest BCUT2D eigenvalue weighted by atomic mass is 16.3. The first-order valence-corrected chi connectivity index (χ1v) is 18.5. The van der Waals surface area contributed by atoms with Crippen molar-refractivity contribution < 1.29 is 8.83 Å². The second-order valence-electron chi connectivity index (χ2n) is 14.1. The molecule has 0 bridgehead atoms. The first-order chi connectivity index (χ1) is 27.3. The van der Waals surface area contributed by atoms with Crippen LogP contribution in [0.15, 0.2) is 185 Å². The first-order valence-electron chi connectivity index (χ1n) is 18.5. The van der Waals surface area contributed by atoms with Crippen molar-refractivity contribution in [2.45, 2.75) is 0 Å². The molecule has 256 valence electrons. The minimum absolute atomic E-state index is 0.635. The lowest BCUT2D eigenvalue weighted by Crippen LogP contribution is -1.96. The van der Waals surface area contributed by atoms with Crippen LogP contribution in [0, 0.1) is 0 Å². The predicted octanol–water partition coefficient (Wildman–Crippen LogP) is 13.5. The molecule has 0 saturated heterocycles. The van der Waals surface area contributed by atoms with Gasteiger partial charge in [0.05, 0.1) is 22.2 Å². The summed E-state index contributed by atoms with van der Waals surface area (Å²) in [6.45, 7) is 0. The topological polar surface area (TPSA) is 57.0 Å². The molecule has 8 aromatic carbocycles. The molecule has 0 spiro atoms. The minimum Gasteiger partial charge on any atom is -0.456 e. The lowest BCUT2D eigenvalue weighted by Gasteiger charge is -2.12. The molecule has 0 aliphatic heterocycles. The third-order valence-electron chi connectivity index (χ3n) is 11.0. The van der Waals surface area contributed by atoms with Gasteiger partial charge in [0.1, 0.15) is 22.3 Å². The maximum atomic E-state index is 6.61. The lowest BCUT2D eigenvalue weighted by atomic mass is 9.97. The van der Waals surface area contributed by atoms with Crippen molar-refractivity contribution in [1.29, 1.82) is 0 Å². The Morgan fingerprint density at radius 2 is 1.04 bits per heavy atom. The van der Waals surface area contributed by atoms with Crippen molar-refractivity contribution in [3.05, 3.63) is 176 Å². The Hall–Kier alpha value is -7.50. The van der Waals surface area contributed by atoms with Crippen LogP contribution in [0.3, 0.4) is 0 Å². The monoisotopic (exact) mass is 703 g/mol. The second-order valence-corrected chi connectivity index (χ2v) is 14.1. The Kier molecular flexibility index (Phi) is 6.27. The summed E-state index contributed by atoms with van der Waals surface area (Å²) in [7, 11) is 0. The van der Waals surface area contributed by atoms with Crippen LogP contribution in [-0.2, 0) is 0 Å². The molecule has 12 aromatic rings. The molecule has 5 heteroatoms. The number of benzene rings is 8. The van der Waals surface area contributed by atoms with Crippen LogP contribution in [0.2, 0.25) is 0 Å². The quantitative estimate of drug-likeness (QED) is 0.183. The average Bonchev–Trinajstić information content (AvgIpc) is 3.93. The predicted molar refractivity (Wildman–Crippen MR) is 225 cm³/mol. The van der Waals surface area contributed by atoms with Crippen LogP contribution in [0.25, 0.3) is 116 Å². The fourth-order valence-corrected chi connectivity index (χ4v) is 8.54. The van der Waals surface area contributed by atoms with Crippen molar-refractivity contribution >= 4 is 76.6 Å². The van der Waals surface area contributed by atoms with Gasteiger partial charge in [-0.25, -0.2) is 9.97 Å². The summed E-state index contributed by atoms with van der Waals surface area (Å²) in [5.74, 6) is 0.635. The molecule has 0 fully saturated rings. The molecule has 0 unspecified atom stereocenters. The molecule has 5 nitrogen and oxygen atoms in total. The zero-order chi connectivity index (χ0) is 36.0. The third kappa shape index (κ3) is 4.47. The van der Waals surface area contributed by atoms with Crippen molar-refractivity contribution in [3.8, 4) is 39.5 Å². The molecule has 0 amide bonds. The van der Waals surface area contributed by atoms with Crippen molar-refractivity contribution in [1.82, 2.24) is 14.5 Å². The summed E-state index contributed by atoms with van der Waals surface area (Å²) in [6.07, 6.45) is 0. The van der Waals surface area contributed by atoms with Crippen molar-refractivity contribution in [2.24, 2.45) is 0 Å². The summed E-state index contributed by atoms with van der Waals surface area (Å²) in [4.78, 5) is 10.7. The van der Waals surface area contributed by atoms with Crippen LogP contribution < -0.4 is 0 Å². The Bertz CT molecular complexity index is 3500. The number of nitrogens with zero attached hydrogens (tertiary/aromatic N) is 3. The van der Waals surface area contributed by atoms with Gasteiger partial charge in [-0.15, -0.1) is 0 Å². The van der Waals surface area contributed by atoms with Crippen LogP contribution >= 0.6 is 0 Å². The van der Waals surface area contributed by atoms with Gasteiger partial charge in [-0.3, -0.25) is 0 Å². The van der Waals surface area contributed by atoms with Crippen molar-refractivity contribution in [3.63, 3.8) is 0 Å². The maximum absolute atomic E-state index is 6.61. The van der Waals surface area contributed by atoms with Crippen LogP contribution in [-0.4, -0.2) is 14.5 Å². The van der Waals surface area contributed by atoms with Gasteiger partial charge in [0.2, 0.25) is 0 Å². The molecule has 0 radical (unpaired) electrons. The van der Waals surface area contributed by atoms with E-state index in [-0.39, 0.29) is 0 Å². The highest BCUT2D eigenvalue weighted by molar-refractivity contribution is 6.15. The van der Waals surface area contributed by atoms with Crippen LogP contribution in [0.4, 0.5) is 0 Å². The molecule has 0 atom stereocenters. The summed E-state index contributed by atoms with van der Waals surface area (Å²) in [5, 5.41) is 7.55. The van der Waals surface area contributed by atoms with Crippen LogP contribution in [0.1, 0.15) is 0 Å². The van der Waals surface area contributed by atoms with Crippen molar-refractivity contribution in [2.75, 3.05) is 0 Å². The van der Waals surface area contributed by atoms with E-state index < -0.39 is 0 Å². The van der Waals surface area contributed by atoms with E-state index in [1.807, 2.05) is 42.5 Å². The molecule has 12 rings (SSSR count). The molecule has 0 aliphatic rings. The zero-order valence-corrected chi connectivity index (χ0v) is 29.4. The van der Waals surface area contributed by atoms with E-state index in [1.54, 1.807) is 0 Å². The average molecular weight is 704 g/mol. The lowest BCUT2D eigenvalue weighted by molar-refractivity contribution is 0.669. The van der Waals surface area contributed by atoms with Gasteiger partial charge in [-0.05, 0) is 77.9 Å². The summed E-state index contributed by atoms with van der Waals surface area (Å²) in [6, 6.07) is 61.3. The second kappa shape index (κ2) is 11.5. The number of hydrogen-bond acceptors (Lipinski definition) is 4. The number of aromatic nitrogens is 3. The third-order valence-corrected chi connectivity index (χ3v) is 11.0. The highest BCUT2D eigenvalue weighted by Gasteiger charge is 2.21. The molecule has 4 heterocycles. The largest absolute Gasteiger partial charge is 0.456 e. The number of rotatable bonds is 4. The Labute approximate surface area is 314 Å². The SMILES string of the molecule is c1ccc(-n2c3ccccc3c3cc(-c4ccc5nc(-c6cccc7oc8ccccc8c67)nc(-c6cccc7c6oc6ccccc67)c5c4)ccc32)cc1. The van der Waals surface area contributed by atoms with Gasteiger partial charge < -0.3 is 13.4 Å². The Morgan fingerprint density at radius 1 is 0.400 bits per heavy atom. The number of para-hydroxylation sites is 5. The maximum Gasteiger partial charge on any atom is 0.161 e. The summed E-state index contributed by atoms with van der Waals surface area (Å²) < 4.78 is 15.2. The molecule has 55 heavy (non-hydrogen) atoms. The molecule has 0 aliphatic carbocycles. The van der Waals surface area contributed by atoms with Gasteiger partial charge in [0.15, 0.2) is 5.82 Å². The van der Waals surface area contributed by atoms with Gasteiger partial charge in [0, 0.05) is 54.5 Å². The number of furan rings is 2. The minimum atomic E-state index is 0.635. The highest BCUT2D eigenvalue weighted by Crippen LogP contribution is 2.42. The van der Waals surface area contributed by atoms with E-state index >= 15 is 0 Å². The molecule has 0 N–H and O–H groups in total. The van der Waals surface area contributed by atoms with E-state index in [2.05, 4.69) is 138 Å². The van der Waals surface area contributed by atoms with E-state index in [1.165, 1.54) is 21.8 Å². The van der Waals surface area contributed by atoms with Crippen LogP contribution in [0.5, 0.6) is 0 Å². The molecule has 4 aromatic heterocycles. The van der Waals surface area contributed by atoms with E-state index in [0.29, 0.717) is 5.82 Å². The molecular weight excluding hydrogens is 675 g/mol. The zero-order valence-electron chi connectivity index (χ0n) is 29.4. The fraction of sp³-hybridized carbons (Fsp3) is 0. The van der Waals surface area contributed by atoms with Gasteiger partial charge in [-0.2, -0.15) is 0 Å². The van der Waals surface area contributed by atoms with Gasteiger partial charge in [0.25, 0.3) is 0 Å². The summed E-state index contributed by atoms with van der Waals surface area (Å²) in [5.41, 5.74) is 12.5. The van der Waals surface area contributed by atoms with E-state index in [0.717, 1.165) is 88.4 Å². The summed E-state index contributed by atoms with van der Waals surface area (Å²) >= 11 is 0. The molecular formula is C50H29N3O2. The van der Waals surface area contributed by atoms with Gasteiger partial charge >= 0.3 is 0 Å². The Morgan fingerprint density at radius 3 is 1.91 bits per heavy atom. The fourth-order valence-electron chi connectivity index (χ4n) is 8.54. The Balaban J connectivity index is 1.12. The molecule has 0 saturated carbocycles. The van der Waals surface area contributed by atoms with Gasteiger partial charge in [-0.1, -0.05) is 109 Å². The first kappa shape index (κ1) is 30.0. The van der Waals surface area contributed by atoms with E-state index in [9.17, 15) is 0 Å².